The number of carboxylic acids is 1. The third-order valence-electron chi connectivity index (χ3n) is 6.98. The summed E-state index contributed by atoms with van der Waals surface area (Å²) in [5.41, 5.74) is 5.33. The Hall–Kier alpha value is -4.59. The zero-order chi connectivity index (χ0) is 28.4. The van der Waals surface area contributed by atoms with Crippen LogP contribution in [0.25, 0.3) is 22.0 Å². The molecular formula is C32H32N2O6. The maximum Gasteiger partial charge on any atom is 0.418 e. The van der Waals surface area contributed by atoms with Crippen LogP contribution in [0.5, 0.6) is 0 Å². The predicted molar refractivity (Wildman–Crippen MR) is 152 cm³/mol. The Balaban J connectivity index is 1.30. The summed E-state index contributed by atoms with van der Waals surface area (Å²) in [7, 11) is 0. The molecule has 5 rings (SSSR count). The van der Waals surface area contributed by atoms with Crippen LogP contribution < -0.4 is 0 Å². The number of carbonyl (C=O) groups excluding carboxylic acids is 2. The third kappa shape index (κ3) is 5.57. The molecule has 1 aliphatic rings. The second kappa shape index (κ2) is 10.9. The maximum absolute atomic E-state index is 13.1. The van der Waals surface area contributed by atoms with Crippen molar-refractivity contribution in [3.8, 4) is 11.1 Å². The number of amides is 1. The zero-order valence-electron chi connectivity index (χ0n) is 22.8. The van der Waals surface area contributed by atoms with Crippen LogP contribution in [0.4, 0.5) is 9.59 Å². The van der Waals surface area contributed by atoms with Gasteiger partial charge in [-0.2, -0.15) is 0 Å². The van der Waals surface area contributed by atoms with Crippen molar-refractivity contribution in [2.45, 2.75) is 38.7 Å². The monoisotopic (exact) mass is 540 g/mol. The van der Waals surface area contributed by atoms with Gasteiger partial charge in [-0.05, 0) is 67.1 Å². The highest BCUT2D eigenvalue weighted by molar-refractivity contribution is 5.91. The van der Waals surface area contributed by atoms with E-state index in [9.17, 15) is 19.5 Å². The van der Waals surface area contributed by atoms with Crippen LogP contribution in [-0.4, -0.2) is 58.0 Å². The average Bonchev–Trinajstić information content (AvgIpc) is 3.48. The van der Waals surface area contributed by atoms with Crippen molar-refractivity contribution in [2.75, 3.05) is 19.7 Å². The number of nitrogens with zero attached hydrogens (tertiary/aromatic N) is 2. The molecule has 0 radical (unpaired) electrons. The van der Waals surface area contributed by atoms with Crippen molar-refractivity contribution < 1.29 is 29.0 Å². The first kappa shape index (κ1) is 27.0. The summed E-state index contributed by atoms with van der Waals surface area (Å²) >= 11 is 0. The Bertz CT molecular complexity index is 1540. The smallest absolute Gasteiger partial charge is 0.418 e. The van der Waals surface area contributed by atoms with E-state index in [1.165, 1.54) is 9.47 Å². The van der Waals surface area contributed by atoms with Gasteiger partial charge in [0.25, 0.3) is 0 Å². The van der Waals surface area contributed by atoms with Gasteiger partial charge >= 0.3 is 18.2 Å². The summed E-state index contributed by atoms with van der Waals surface area (Å²) < 4.78 is 12.7. The number of benzene rings is 3. The Labute approximate surface area is 232 Å². The van der Waals surface area contributed by atoms with Crippen LogP contribution in [0, 0.1) is 0 Å². The maximum atomic E-state index is 13.1. The van der Waals surface area contributed by atoms with E-state index in [-0.39, 0.29) is 19.1 Å². The highest BCUT2D eigenvalue weighted by atomic mass is 16.6. The van der Waals surface area contributed by atoms with Gasteiger partial charge in [-0.3, -0.25) is 14.3 Å². The number of carbonyl (C=O) groups is 3. The molecule has 0 bridgehead atoms. The lowest BCUT2D eigenvalue weighted by atomic mass is 9.98. The first-order valence-corrected chi connectivity index (χ1v) is 13.3. The molecule has 1 aromatic heterocycles. The molecule has 0 saturated heterocycles. The number of aliphatic carboxylic acids is 1. The number of fused-ring (bicyclic) bond motifs is 4. The molecule has 1 heterocycles. The van der Waals surface area contributed by atoms with Gasteiger partial charge in [-0.1, -0.05) is 60.7 Å². The molecule has 0 fully saturated rings. The van der Waals surface area contributed by atoms with Crippen molar-refractivity contribution in [3.05, 3.63) is 95.7 Å². The Morgan fingerprint density at radius 3 is 2.17 bits per heavy atom. The molecule has 8 nitrogen and oxygen atoms in total. The number of hydrogen-bond donors (Lipinski definition) is 1. The molecule has 1 aliphatic carbocycles. The van der Waals surface area contributed by atoms with Crippen molar-refractivity contribution in [1.29, 1.82) is 0 Å². The van der Waals surface area contributed by atoms with Gasteiger partial charge in [0.15, 0.2) is 0 Å². The summed E-state index contributed by atoms with van der Waals surface area (Å²) in [4.78, 5) is 38.6. The number of carboxylic acid groups (broad SMARTS) is 1. The lowest BCUT2D eigenvalue weighted by Gasteiger charge is -2.22. The van der Waals surface area contributed by atoms with Crippen molar-refractivity contribution >= 4 is 29.1 Å². The minimum atomic E-state index is -1.12. The van der Waals surface area contributed by atoms with Gasteiger partial charge in [0.05, 0.1) is 5.52 Å². The Morgan fingerprint density at radius 1 is 0.900 bits per heavy atom. The van der Waals surface area contributed by atoms with Crippen LogP contribution in [0.1, 0.15) is 43.4 Å². The summed E-state index contributed by atoms with van der Waals surface area (Å²) in [5.74, 6) is -1.24. The second-order valence-electron chi connectivity index (χ2n) is 10.9. The second-order valence-corrected chi connectivity index (χ2v) is 10.9. The molecule has 8 heteroatoms. The van der Waals surface area contributed by atoms with Crippen LogP contribution >= 0.6 is 0 Å². The quantitative estimate of drug-likeness (QED) is 0.295. The summed E-state index contributed by atoms with van der Waals surface area (Å²) in [6.07, 6.45) is 0.879. The highest BCUT2D eigenvalue weighted by Gasteiger charge is 2.30. The van der Waals surface area contributed by atoms with E-state index in [0.29, 0.717) is 11.9 Å². The molecule has 1 N–H and O–H groups in total. The van der Waals surface area contributed by atoms with E-state index in [2.05, 4.69) is 12.1 Å². The summed E-state index contributed by atoms with van der Waals surface area (Å²) in [6, 6.07) is 23.5. The van der Waals surface area contributed by atoms with Crippen LogP contribution in [0.2, 0.25) is 0 Å². The molecule has 4 aromatic rings. The minimum Gasteiger partial charge on any atom is -0.480 e. The molecule has 0 saturated carbocycles. The fraction of sp³-hybridized carbons (Fsp3) is 0.281. The molecule has 206 valence electrons. The number of hydrogen-bond acceptors (Lipinski definition) is 5. The molecular weight excluding hydrogens is 508 g/mol. The Kier molecular flexibility index (Phi) is 7.34. The number of aromatic nitrogens is 1. The number of ether oxygens (including phenoxy) is 2. The van der Waals surface area contributed by atoms with Crippen LogP contribution in [0.3, 0.4) is 0 Å². The highest BCUT2D eigenvalue weighted by Crippen LogP contribution is 2.44. The fourth-order valence-electron chi connectivity index (χ4n) is 5.26. The normalized spacial score (nSPS) is 12.6. The third-order valence-corrected chi connectivity index (χ3v) is 6.98. The standard InChI is InChI=1S/C32H32N2O6/c1-32(2,3)40-31(38)34-18-16-22-21(9-8-14-28(22)34)15-17-33(19-29(35)36)30(37)39-20-27-25-12-6-4-10-23(25)24-11-5-7-13-26(24)27/h4-14,16,18,27H,15,17,19-20H2,1-3H3,(H,35,36). The van der Waals surface area contributed by atoms with Gasteiger partial charge in [0, 0.05) is 24.0 Å². The fourth-order valence-corrected chi connectivity index (χ4v) is 5.26. The van der Waals surface area contributed by atoms with Gasteiger partial charge < -0.3 is 14.6 Å². The van der Waals surface area contributed by atoms with Crippen LogP contribution in [0.15, 0.2) is 79.0 Å². The van der Waals surface area contributed by atoms with E-state index in [4.69, 9.17) is 9.47 Å². The van der Waals surface area contributed by atoms with Crippen molar-refractivity contribution in [1.82, 2.24) is 9.47 Å². The van der Waals surface area contributed by atoms with Gasteiger partial charge in [-0.25, -0.2) is 9.59 Å². The molecule has 40 heavy (non-hydrogen) atoms. The molecule has 1 amide bonds. The topological polar surface area (TPSA) is 98.1 Å². The summed E-state index contributed by atoms with van der Waals surface area (Å²) in [6.45, 7) is 5.19. The van der Waals surface area contributed by atoms with E-state index >= 15 is 0 Å². The zero-order valence-corrected chi connectivity index (χ0v) is 22.8. The molecule has 0 atom stereocenters. The summed E-state index contributed by atoms with van der Waals surface area (Å²) in [5, 5.41) is 10.3. The molecule has 0 unspecified atom stereocenters. The molecule has 3 aromatic carbocycles. The lowest BCUT2D eigenvalue weighted by molar-refractivity contribution is -0.138. The van der Waals surface area contributed by atoms with Gasteiger partial charge in [0.2, 0.25) is 0 Å². The van der Waals surface area contributed by atoms with E-state index in [0.717, 1.165) is 33.2 Å². The molecule has 0 aliphatic heterocycles. The molecule has 0 spiro atoms. The van der Waals surface area contributed by atoms with E-state index < -0.39 is 30.3 Å². The predicted octanol–water partition coefficient (Wildman–Crippen LogP) is 6.30. The SMILES string of the molecule is CC(C)(C)OC(=O)n1ccc2c(CCN(CC(=O)O)C(=O)OCC3c4ccccc4-c4ccccc43)cccc21. The Morgan fingerprint density at radius 2 is 1.55 bits per heavy atom. The largest absolute Gasteiger partial charge is 0.480 e. The van der Waals surface area contributed by atoms with Gasteiger partial charge in [0.1, 0.15) is 18.8 Å². The van der Waals surface area contributed by atoms with Crippen molar-refractivity contribution in [2.24, 2.45) is 0 Å². The first-order valence-electron chi connectivity index (χ1n) is 13.3. The first-order chi connectivity index (χ1) is 19.1. The van der Waals surface area contributed by atoms with E-state index in [1.807, 2.05) is 81.4 Å². The van der Waals surface area contributed by atoms with Crippen molar-refractivity contribution in [3.63, 3.8) is 0 Å². The van der Waals surface area contributed by atoms with Crippen LogP contribution in [-0.2, 0) is 20.7 Å². The lowest BCUT2D eigenvalue weighted by Crippen LogP contribution is -2.38. The minimum absolute atomic E-state index is 0.108. The number of rotatable bonds is 7. The van der Waals surface area contributed by atoms with E-state index in [1.54, 1.807) is 6.20 Å². The van der Waals surface area contributed by atoms with Gasteiger partial charge in [-0.15, -0.1) is 0 Å². The average molecular weight is 541 g/mol.